The number of hydrogen-bond acceptors (Lipinski definition) is 10. The molecule has 0 atom stereocenters. The number of hydrogen-bond donors (Lipinski definition) is 0. The van der Waals surface area contributed by atoms with Crippen molar-refractivity contribution in [1.29, 1.82) is 0 Å². The summed E-state index contributed by atoms with van der Waals surface area (Å²) < 4.78 is 33.0. The number of carbonyl (C=O) groups excluding carboxylic acids is 3. The lowest BCUT2D eigenvalue weighted by molar-refractivity contribution is -0.151. The summed E-state index contributed by atoms with van der Waals surface area (Å²) in [6.45, 7) is 27.5. The van der Waals surface area contributed by atoms with Crippen LogP contribution in [0.15, 0.2) is 121 Å². The molecular formula is C62H84O10. The van der Waals surface area contributed by atoms with Gasteiger partial charge in [-0.25, -0.2) is 9.59 Å². The van der Waals surface area contributed by atoms with Gasteiger partial charge in [0, 0.05) is 12.3 Å². The molecule has 392 valence electrons. The topological polar surface area (TPSA) is 116 Å². The van der Waals surface area contributed by atoms with Crippen LogP contribution in [0.5, 0.6) is 17.2 Å². The molecule has 6 aromatic carbocycles. The highest BCUT2D eigenvalue weighted by Gasteiger charge is 2.24. The van der Waals surface area contributed by atoms with Crippen LogP contribution in [0.25, 0.3) is 11.1 Å². The lowest BCUT2D eigenvalue weighted by Crippen LogP contribution is -2.19. The first kappa shape index (κ1) is 64.9. The van der Waals surface area contributed by atoms with E-state index in [0.717, 1.165) is 12.7 Å². The highest BCUT2D eigenvalue weighted by Crippen LogP contribution is 2.34. The fourth-order valence-electron chi connectivity index (χ4n) is 6.64. The number of benzene rings is 6. The zero-order valence-corrected chi connectivity index (χ0v) is 43.5. The summed E-state index contributed by atoms with van der Waals surface area (Å²) >= 11 is 0. The molecule has 10 nitrogen and oxygen atoms in total. The Morgan fingerprint density at radius 2 is 0.792 bits per heavy atom. The molecule has 6 aromatic rings. The largest absolute Gasteiger partial charge is 0.516 e. The van der Waals surface area contributed by atoms with Crippen molar-refractivity contribution in [3.63, 3.8) is 0 Å². The van der Waals surface area contributed by atoms with Crippen LogP contribution in [0.1, 0.15) is 125 Å². The molecule has 0 aliphatic rings. The number of methoxy groups -OCH3 is 2. The monoisotopic (exact) mass is 989 g/mol. The molecule has 0 fully saturated rings. The molecular weight excluding hydrogens is 905 g/mol. The third-order valence-electron chi connectivity index (χ3n) is 11.5. The number of rotatable bonds is 10. The van der Waals surface area contributed by atoms with Crippen LogP contribution in [0.4, 0.5) is 9.59 Å². The van der Waals surface area contributed by atoms with Gasteiger partial charge in [0.25, 0.3) is 0 Å². The zero-order chi connectivity index (χ0) is 51.5. The standard InChI is InChI=1S/C19H24.C15H18O9.C14H14.C11H16O.3CH4/c1-13-7-9-17(11-15(13)3)19(5,6)18-10-8-14(2)16(4)12-18;1-9-5-12(19-4)6-10(2)13(9)24-15(18)23-8-22-14(17)21-7-20-11(3)16;1-11-3-7-13(8-4-11)14-9-5-12(2)6-10-14;1-11(2,3)9-5-7-10(12-4)8-6-9;;;/h7-12H,1-6H3;5-6H,7-8H2,1-4H3;3-10H,1-2H3;5-8H,1-4H3;3*1H4. The fourth-order valence-corrected chi connectivity index (χ4v) is 6.64. The molecule has 0 amide bonds. The average Bonchev–Trinajstić information content (AvgIpc) is 3.30. The summed E-state index contributed by atoms with van der Waals surface area (Å²) in [5, 5.41) is 0. The highest BCUT2D eigenvalue weighted by atomic mass is 16.8. The van der Waals surface area contributed by atoms with E-state index in [1.165, 1.54) is 68.3 Å². The third kappa shape index (κ3) is 21.1. The molecule has 6 rings (SSSR count). The van der Waals surface area contributed by atoms with E-state index in [2.05, 4.69) is 192 Å². The summed E-state index contributed by atoms with van der Waals surface area (Å²) in [6.07, 6.45) is -2.22. The molecule has 0 radical (unpaired) electrons. The molecule has 0 N–H and O–H groups in total. The molecule has 72 heavy (non-hydrogen) atoms. The van der Waals surface area contributed by atoms with Gasteiger partial charge in [0.2, 0.25) is 13.6 Å². The lowest BCUT2D eigenvalue weighted by atomic mass is 9.76. The quantitative estimate of drug-likeness (QED) is 0.0746. The van der Waals surface area contributed by atoms with Gasteiger partial charge in [-0.05, 0) is 146 Å². The van der Waals surface area contributed by atoms with E-state index in [1.54, 1.807) is 33.1 Å². The van der Waals surface area contributed by atoms with Crippen molar-refractivity contribution < 1.29 is 47.5 Å². The van der Waals surface area contributed by atoms with Crippen LogP contribution in [-0.2, 0) is 34.6 Å². The Bertz CT molecular complexity index is 2460. The van der Waals surface area contributed by atoms with E-state index in [0.29, 0.717) is 22.6 Å². The summed E-state index contributed by atoms with van der Waals surface area (Å²) in [6, 6.07) is 42.5. The second-order valence-corrected chi connectivity index (χ2v) is 18.4. The van der Waals surface area contributed by atoms with Gasteiger partial charge in [0.05, 0.1) is 14.2 Å². The minimum Gasteiger partial charge on any atom is -0.497 e. The third-order valence-corrected chi connectivity index (χ3v) is 11.5. The van der Waals surface area contributed by atoms with E-state index in [9.17, 15) is 14.4 Å². The van der Waals surface area contributed by atoms with Crippen LogP contribution in [0.3, 0.4) is 0 Å². The molecule has 0 spiro atoms. The number of aryl methyl sites for hydroxylation is 8. The fraction of sp³-hybridized carbons (Fsp3) is 0.371. The molecule has 0 unspecified atom stereocenters. The highest BCUT2D eigenvalue weighted by molar-refractivity contribution is 5.67. The number of esters is 1. The maximum Gasteiger partial charge on any atom is 0.516 e. The Kier molecular flexibility index (Phi) is 27.6. The Balaban J connectivity index is 0.000000949. The molecule has 0 bridgehead atoms. The van der Waals surface area contributed by atoms with Crippen LogP contribution in [0.2, 0.25) is 0 Å². The van der Waals surface area contributed by atoms with Crippen molar-refractivity contribution in [2.45, 2.75) is 130 Å². The molecule has 0 heterocycles. The van der Waals surface area contributed by atoms with Crippen molar-refractivity contribution in [2.75, 3.05) is 27.8 Å². The van der Waals surface area contributed by atoms with E-state index in [4.69, 9.17) is 14.2 Å². The molecule has 0 saturated heterocycles. The Morgan fingerprint density at radius 1 is 0.417 bits per heavy atom. The van der Waals surface area contributed by atoms with Gasteiger partial charge in [-0.1, -0.05) is 165 Å². The van der Waals surface area contributed by atoms with Gasteiger partial charge >= 0.3 is 18.3 Å². The van der Waals surface area contributed by atoms with Gasteiger partial charge in [-0.3, -0.25) is 4.79 Å². The van der Waals surface area contributed by atoms with Crippen molar-refractivity contribution >= 4 is 18.3 Å². The molecule has 10 heteroatoms. The second-order valence-electron chi connectivity index (χ2n) is 18.4. The average molecular weight is 989 g/mol. The Labute approximate surface area is 433 Å². The SMILES string of the molecule is C.C.C.COc1cc(C)c(OC(=O)OCOC(=O)OCOC(C)=O)c(C)c1.COc1ccc(C(C)(C)C)cc1.Cc1ccc(-c2ccc(C)cc2)cc1.Cc1ccc(C(C)(C)c2ccc(C)c(C)c2)cc1C. The normalized spacial score (nSPS) is 10.2. The summed E-state index contributed by atoms with van der Waals surface area (Å²) in [5.74, 6) is 1.25. The van der Waals surface area contributed by atoms with Crippen LogP contribution in [-0.4, -0.2) is 46.1 Å². The van der Waals surface area contributed by atoms with Crippen molar-refractivity contribution in [3.05, 3.63) is 183 Å². The minimum absolute atomic E-state index is 0. The van der Waals surface area contributed by atoms with Crippen molar-refractivity contribution in [1.82, 2.24) is 0 Å². The van der Waals surface area contributed by atoms with E-state index in [1.807, 2.05) is 12.1 Å². The van der Waals surface area contributed by atoms with E-state index < -0.39 is 31.9 Å². The maximum atomic E-state index is 11.6. The molecule has 0 aliphatic heterocycles. The van der Waals surface area contributed by atoms with Gasteiger partial charge in [-0.15, -0.1) is 0 Å². The smallest absolute Gasteiger partial charge is 0.497 e. The summed E-state index contributed by atoms with van der Waals surface area (Å²) in [7, 11) is 3.22. The predicted molar refractivity (Wildman–Crippen MR) is 296 cm³/mol. The van der Waals surface area contributed by atoms with Gasteiger partial charge in [0.1, 0.15) is 17.2 Å². The van der Waals surface area contributed by atoms with Gasteiger partial charge in [0.15, 0.2) is 0 Å². The minimum atomic E-state index is -1.17. The van der Waals surface area contributed by atoms with Crippen LogP contribution in [0, 0.1) is 55.4 Å². The maximum absolute atomic E-state index is 11.6. The summed E-state index contributed by atoms with van der Waals surface area (Å²) in [5.41, 5.74) is 16.4. The van der Waals surface area contributed by atoms with Crippen molar-refractivity contribution in [3.8, 4) is 28.4 Å². The predicted octanol–water partition coefficient (Wildman–Crippen LogP) is 16.6. The lowest BCUT2D eigenvalue weighted by Gasteiger charge is -2.27. The number of ether oxygens (including phenoxy) is 7. The Hall–Kier alpha value is -7.07. The van der Waals surface area contributed by atoms with E-state index in [-0.39, 0.29) is 33.1 Å². The molecule has 0 aromatic heterocycles. The number of carbonyl (C=O) groups is 3. The van der Waals surface area contributed by atoms with Crippen LogP contribution >= 0.6 is 0 Å². The summed E-state index contributed by atoms with van der Waals surface area (Å²) in [4.78, 5) is 33.1. The molecule has 0 saturated carbocycles. The zero-order valence-electron chi connectivity index (χ0n) is 43.5. The Morgan fingerprint density at radius 3 is 1.15 bits per heavy atom. The second kappa shape index (κ2) is 30.6. The first-order valence-corrected chi connectivity index (χ1v) is 22.8. The van der Waals surface area contributed by atoms with E-state index >= 15 is 0 Å². The first-order chi connectivity index (χ1) is 32.4. The molecule has 0 aliphatic carbocycles. The van der Waals surface area contributed by atoms with Crippen molar-refractivity contribution in [2.24, 2.45) is 0 Å². The van der Waals surface area contributed by atoms with Crippen LogP contribution < -0.4 is 14.2 Å². The first-order valence-electron chi connectivity index (χ1n) is 22.8. The van der Waals surface area contributed by atoms with Gasteiger partial charge < -0.3 is 33.2 Å². The van der Waals surface area contributed by atoms with Gasteiger partial charge in [-0.2, -0.15) is 0 Å².